The van der Waals surface area contributed by atoms with E-state index < -0.39 is 47.3 Å². The molecule has 1 amide bonds. The van der Waals surface area contributed by atoms with Gasteiger partial charge in [-0.2, -0.15) is 26.3 Å². The molecule has 10 heteroatoms. The Hall–Kier alpha value is -1.84. The molecule has 4 aliphatic carbocycles. The summed E-state index contributed by atoms with van der Waals surface area (Å²) in [6.45, 7) is -0.501. The fraction of sp³-hybridized carbons (Fsp3) is 0.667. The molecule has 0 aliphatic heterocycles. The van der Waals surface area contributed by atoms with Gasteiger partial charge in [-0.15, -0.1) is 0 Å². The van der Waals surface area contributed by atoms with Gasteiger partial charge in [-0.25, -0.2) is 4.39 Å². The molecule has 0 saturated heterocycles. The molecule has 0 heterocycles. The number of rotatable bonds is 5. The zero-order valence-corrected chi connectivity index (χ0v) is 16.5. The lowest BCUT2D eigenvalue weighted by Crippen LogP contribution is -2.76. The quantitative estimate of drug-likeness (QED) is 0.478. The Labute approximate surface area is 174 Å². The van der Waals surface area contributed by atoms with E-state index in [0.717, 1.165) is 42.8 Å². The number of amides is 1. The minimum Gasteiger partial charge on any atom is -0.319 e. The van der Waals surface area contributed by atoms with Gasteiger partial charge in [0.05, 0.1) is 0 Å². The van der Waals surface area contributed by atoms with Gasteiger partial charge in [-0.3, -0.25) is 10.1 Å². The van der Waals surface area contributed by atoms with Crippen molar-refractivity contribution in [1.82, 2.24) is 10.6 Å². The lowest BCUT2D eigenvalue weighted by Gasteiger charge is -2.57. The molecule has 31 heavy (non-hydrogen) atoms. The molecular formula is C21H23F7N2O. The molecule has 0 aromatic heterocycles. The van der Waals surface area contributed by atoms with Crippen LogP contribution in [-0.2, 0) is 0 Å². The summed E-state index contributed by atoms with van der Waals surface area (Å²) in [4.78, 5) is 12.3. The minimum atomic E-state index is -5.86. The van der Waals surface area contributed by atoms with E-state index in [9.17, 15) is 35.5 Å². The van der Waals surface area contributed by atoms with Crippen LogP contribution in [0, 0.1) is 29.0 Å². The van der Waals surface area contributed by atoms with E-state index >= 15 is 0 Å². The van der Waals surface area contributed by atoms with Crippen molar-refractivity contribution in [3.63, 3.8) is 0 Å². The van der Waals surface area contributed by atoms with E-state index in [1.807, 2.05) is 0 Å². The van der Waals surface area contributed by atoms with Gasteiger partial charge in [-0.1, -0.05) is 6.07 Å². The number of alkyl halides is 6. The predicted molar refractivity (Wildman–Crippen MR) is 97.3 cm³/mol. The number of halogens is 7. The Morgan fingerprint density at radius 1 is 0.935 bits per heavy atom. The molecule has 5 rings (SSSR count). The molecule has 4 fully saturated rings. The van der Waals surface area contributed by atoms with Gasteiger partial charge < -0.3 is 5.32 Å². The molecule has 4 bridgehead atoms. The van der Waals surface area contributed by atoms with Gasteiger partial charge in [0.1, 0.15) is 5.82 Å². The first-order valence-corrected chi connectivity index (χ1v) is 10.3. The highest BCUT2D eigenvalue weighted by atomic mass is 19.4. The van der Waals surface area contributed by atoms with E-state index in [1.54, 1.807) is 5.32 Å². The molecule has 4 saturated carbocycles. The van der Waals surface area contributed by atoms with Crippen LogP contribution in [-0.4, -0.2) is 30.5 Å². The summed E-state index contributed by atoms with van der Waals surface area (Å²) in [6, 6.07) is 3.51. The van der Waals surface area contributed by atoms with E-state index in [4.69, 9.17) is 0 Å². The maximum absolute atomic E-state index is 13.9. The second-order valence-electron chi connectivity index (χ2n) is 9.48. The SMILES string of the molecule is O=C(NC(NCC12CC3CC(CC(C3)C1)C2)(C(F)(F)F)C(F)(F)F)c1cccc(F)c1. The highest BCUT2D eigenvalue weighted by Gasteiger charge is 2.72. The summed E-state index contributed by atoms with van der Waals surface area (Å²) in [5.74, 6) is -1.60. The van der Waals surface area contributed by atoms with Crippen LogP contribution in [0.15, 0.2) is 24.3 Å². The van der Waals surface area contributed by atoms with Crippen molar-refractivity contribution in [3.05, 3.63) is 35.6 Å². The van der Waals surface area contributed by atoms with Gasteiger partial charge in [0.15, 0.2) is 0 Å². The van der Waals surface area contributed by atoms with Crippen LogP contribution >= 0.6 is 0 Å². The molecule has 4 aliphatic rings. The monoisotopic (exact) mass is 452 g/mol. The molecule has 1 aromatic carbocycles. The van der Waals surface area contributed by atoms with E-state index in [1.165, 1.54) is 0 Å². The largest absolute Gasteiger partial charge is 0.434 e. The lowest BCUT2D eigenvalue weighted by atomic mass is 9.49. The number of hydrogen-bond acceptors (Lipinski definition) is 2. The van der Waals surface area contributed by atoms with Gasteiger partial charge in [0, 0.05) is 12.1 Å². The van der Waals surface area contributed by atoms with Crippen molar-refractivity contribution in [2.24, 2.45) is 23.2 Å². The smallest absolute Gasteiger partial charge is 0.319 e. The van der Waals surface area contributed by atoms with Gasteiger partial charge >= 0.3 is 12.4 Å². The van der Waals surface area contributed by atoms with Crippen LogP contribution < -0.4 is 10.6 Å². The van der Waals surface area contributed by atoms with Crippen LogP contribution in [0.25, 0.3) is 0 Å². The van der Waals surface area contributed by atoms with Crippen molar-refractivity contribution in [3.8, 4) is 0 Å². The first-order chi connectivity index (χ1) is 14.3. The van der Waals surface area contributed by atoms with Gasteiger partial charge in [0.25, 0.3) is 11.6 Å². The van der Waals surface area contributed by atoms with Crippen LogP contribution in [0.3, 0.4) is 0 Å². The number of nitrogens with one attached hydrogen (secondary N) is 2. The molecule has 0 radical (unpaired) electrons. The highest BCUT2D eigenvalue weighted by molar-refractivity contribution is 5.94. The third kappa shape index (κ3) is 4.03. The van der Waals surface area contributed by atoms with Crippen molar-refractivity contribution in [2.45, 2.75) is 56.5 Å². The fourth-order valence-corrected chi connectivity index (χ4v) is 6.25. The zero-order chi connectivity index (χ0) is 22.7. The highest BCUT2D eigenvalue weighted by Crippen LogP contribution is 2.60. The second kappa shape index (κ2) is 7.35. The Bertz CT molecular complexity index is 800. The number of hydrogen-bond donors (Lipinski definition) is 2. The molecular weight excluding hydrogens is 429 g/mol. The second-order valence-corrected chi connectivity index (χ2v) is 9.48. The molecule has 2 N–H and O–H groups in total. The van der Waals surface area contributed by atoms with Crippen LogP contribution in [0.2, 0.25) is 0 Å². The van der Waals surface area contributed by atoms with Gasteiger partial charge in [-0.05, 0) is 79.9 Å². The van der Waals surface area contributed by atoms with Crippen molar-refractivity contribution < 1.29 is 35.5 Å². The number of benzene rings is 1. The van der Waals surface area contributed by atoms with E-state index in [2.05, 4.69) is 0 Å². The molecule has 172 valence electrons. The predicted octanol–water partition coefficient (Wildman–Crippen LogP) is 5.18. The average molecular weight is 452 g/mol. The molecule has 0 unspecified atom stereocenters. The fourth-order valence-electron chi connectivity index (χ4n) is 6.25. The van der Waals surface area contributed by atoms with Crippen LogP contribution in [0.4, 0.5) is 30.7 Å². The Kier molecular flexibility index (Phi) is 5.30. The zero-order valence-electron chi connectivity index (χ0n) is 16.5. The third-order valence-corrected chi connectivity index (χ3v) is 7.13. The first kappa shape index (κ1) is 22.4. The summed E-state index contributed by atoms with van der Waals surface area (Å²) in [5, 5.41) is 2.83. The third-order valence-electron chi connectivity index (χ3n) is 7.13. The molecule has 0 spiro atoms. The molecule has 1 aromatic rings. The Morgan fingerprint density at radius 3 is 1.90 bits per heavy atom. The number of carbonyl (C=O) groups is 1. The number of carbonyl (C=O) groups excluding carboxylic acids is 1. The van der Waals surface area contributed by atoms with E-state index in [0.29, 0.717) is 43.1 Å². The topological polar surface area (TPSA) is 41.1 Å². The normalized spacial score (nSPS) is 30.5. The standard InChI is InChI=1S/C21H23F7N2O/c22-16-3-1-2-15(7-16)17(31)30-19(20(23,24)25,21(26,27)28)29-11-18-8-12-4-13(9-18)6-14(5-12)10-18/h1-3,7,12-14,29H,4-6,8-11H2,(H,30,31). The summed E-state index contributed by atoms with van der Waals surface area (Å²) >= 11 is 0. The first-order valence-electron chi connectivity index (χ1n) is 10.3. The Balaban J connectivity index is 1.62. The van der Waals surface area contributed by atoms with Gasteiger partial charge in [0.2, 0.25) is 0 Å². The van der Waals surface area contributed by atoms with Crippen molar-refractivity contribution >= 4 is 5.91 Å². The average Bonchev–Trinajstić information content (AvgIpc) is 2.61. The maximum Gasteiger partial charge on any atom is 0.434 e. The van der Waals surface area contributed by atoms with Crippen molar-refractivity contribution in [2.75, 3.05) is 6.54 Å². The van der Waals surface area contributed by atoms with E-state index in [-0.39, 0.29) is 0 Å². The van der Waals surface area contributed by atoms with Crippen LogP contribution in [0.5, 0.6) is 0 Å². The van der Waals surface area contributed by atoms with Crippen LogP contribution in [0.1, 0.15) is 48.9 Å². The summed E-state index contributed by atoms with van der Waals surface area (Å²) in [5.41, 5.74) is -5.90. The minimum absolute atomic E-state index is 0.334. The van der Waals surface area contributed by atoms with Crippen molar-refractivity contribution in [1.29, 1.82) is 0 Å². The summed E-state index contributed by atoms with van der Waals surface area (Å²) in [6.07, 6.45) is -6.99. The molecule has 3 nitrogen and oxygen atoms in total. The Morgan fingerprint density at radius 2 is 1.45 bits per heavy atom. The lowest BCUT2D eigenvalue weighted by molar-refractivity contribution is -0.316. The molecule has 0 atom stereocenters. The summed E-state index contributed by atoms with van der Waals surface area (Å²) in [7, 11) is 0. The maximum atomic E-state index is 13.9. The summed E-state index contributed by atoms with van der Waals surface area (Å²) < 4.78 is 96.8.